The van der Waals surface area contributed by atoms with Crippen LogP contribution in [0.2, 0.25) is 0 Å². The molecule has 10 heavy (non-hydrogen) atoms. The molecule has 0 aromatic carbocycles. The van der Waals surface area contributed by atoms with E-state index in [2.05, 4.69) is 9.15 Å². The van der Waals surface area contributed by atoms with Gasteiger partial charge in [0.2, 0.25) is 5.96 Å². The molecule has 3 N–H and O–H groups in total. The first-order valence-corrected chi connectivity index (χ1v) is 3.64. The van der Waals surface area contributed by atoms with E-state index in [0.29, 0.717) is 0 Å². The van der Waals surface area contributed by atoms with Crippen molar-refractivity contribution in [2.24, 2.45) is 5.73 Å². The molecule has 0 heterocycles. The van der Waals surface area contributed by atoms with Crippen LogP contribution in [0.15, 0.2) is 0 Å². The van der Waals surface area contributed by atoms with Crippen LogP contribution in [0.25, 0.3) is 0 Å². The predicted octanol–water partition coefficient (Wildman–Crippen LogP) is -0.221. The molecule has 0 fully saturated rings. The smallest absolute Gasteiger partial charge is 0.340 e. The third-order valence-electron chi connectivity index (χ3n) is 0.717. The second kappa shape index (κ2) is 4.27. The highest BCUT2D eigenvalue weighted by Gasteiger charge is 2.03. The Morgan fingerprint density at radius 2 is 2.30 bits per heavy atom. The van der Waals surface area contributed by atoms with Gasteiger partial charge >= 0.3 is 8.25 Å². The van der Waals surface area contributed by atoms with Crippen molar-refractivity contribution in [1.82, 2.24) is 5.06 Å². The summed E-state index contributed by atoms with van der Waals surface area (Å²) in [6, 6.07) is 0. The van der Waals surface area contributed by atoms with Gasteiger partial charge in [-0.05, 0) is 0 Å². The SMILES string of the molecule is CO[PH](=O)ON(C)C(=N)N. The van der Waals surface area contributed by atoms with Crippen LogP contribution in [0, 0.1) is 5.41 Å². The maximum absolute atomic E-state index is 10.5. The second-order valence-electron chi connectivity index (χ2n) is 1.43. The minimum Gasteiger partial charge on any atom is -0.368 e. The van der Waals surface area contributed by atoms with Gasteiger partial charge in [0.05, 0.1) is 0 Å². The van der Waals surface area contributed by atoms with E-state index < -0.39 is 8.25 Å². The largest absolute Gasteiger partial charge is 0.368 e. The van der Waals surface area contributed by atoms with Gasteiger partial charge in [0, 0.05) is 14.2 Å². The van der Waals surface area contributed by atoms with Crippen molar-refractivity contribution >= 4 is 14.2 Å². The molecule has 0 aliphatic rings. The summed E-state index contributed by atoms with van der Waals surface area (Å²) in [5, 5.41) is 7.64. The van der Waals surface area contributed by atoms with Gasteiger partial charge in [-0.15, -0.1) is 0 Å². The lowest BCUT2D eigenvalue weighted by molar-refractivity contribution is 0.0366. The Labute approximate surface area is 59.3 Å². The molecule has 60 valence electrons. The average molecular weight is 167 g/mol. The number of nitrogens with two attached hydrogens (primary N) is 1. The van der Waals surface area contributed by atoms with Gasteiger partial charge in [0.1, 0.15) is 0 Å². The first kappa shape index (κ1) is 9.42. The lowest BCUT2D eigenvalue weighted by Gasteiger charge is -2.13. The molecule has 0 spiro atoms. The van der Waals surface area contributed by atoms with Crippen LogP contribution in [-0.2, 0) is 13.7 Å². The summed E-state index contributed by atoms with van der Waals surface area (Å²) < 4.78 is 19.2. The molecular weight excluding hydrogens is 157 g/mol. The molecular formula is C3H10N3O3P. The zero-order valence-electron chi connectivity index (χ0n) is 5.75. The van der Waals surface area contributed by atoms with Crippen LogP contribution in [0.1, 0.15) is 0 Å². The van der Waals surface area contributed by atoms with Crippen LogP contribution >= 0.6 is 8.25 Å². The summed E-state index contributed by atoms with van der Waals surface area (Å²) in [7, 11) is 0.0926. The van der Waals surface area contributed by atoms with Crippen LogP contribution in [0.5, 0.6) is 0 Å². The lowest BCUT2D eigenvalue weighted by Crippen LogP contribution is -2.30. The highest BCUT2D eigenvalue weighted by Crippen LogP contribution is 2.22. The van der Waals surface area contributed by atoms with E-state index in [4.69, 9.17) is 11.1 Å². The highest BCUT2D eigenvalue weighted by atomic mass is 31.1. The van der Waals surface area contributed by atoms with Gasteiger partial charge in [0.15, 0.2) is 0 Å². The fraction of sp³-hybridized carbons (Fsp3) is 0.667. The number of rotatable bonds is 3. The molecule has 0 aromatic heterocycles. The van der Waals surface area contributed by atoms with Gasteiger partial charge in [-0.25, -0.2) is 5.06 Å². The fourth-order valence-corrected chi connectivity index (χ4v) is 0.595. The van der Waals surface area contributed by atoms with E-state index in [9.17, 15) is 4.57 Å². The van der Waals surface area contributed by atoms with Gasteiger partial charge in [0.25, 0.3) is 0 Å². The standard InChI is InChI=1S/C3H10N3O3P/c1-6(3(4)5)9-10(7)8-2/h10H,1-2H3,(H3,4,5). The van der Waals surface area contributed by atoms with Crippen LogP contribution in [-0.4, -0.2) is 25.2 Å². The fourth-order valence-electron chi connectivity index (χ4n) is 0.198. The summed E-state index contributed by atoms with van der Waals surface area (Å²) in [6.45, 7) is 0. The van der Waals surface area contributed by atoms with Crippen molar-refractivity contribution in [2.75, 3.05) is 14.2 Å². The Balaban J connectivity index is 3.68. The molecule has 1 unspecified atom stereocenters. The van der Waals surface area contributed by atoms with E-state index in [1.54, 1.807) is 0 Å². The second-order valence-corrected chi connectivity index (χ2v) is 2.52. The number of nitrogens with zero attached hydrogens (tertiary/aromatic N) is 1. The van der Waals surface area contributed by atoms with Gasteiger partial charge < -0.3 is 10.3 Å². The Kier molecular flexibility index (Phi) is 4.02. The molecule has 0 saturated carbocycles. The monoisotopic (exact) mass is 167 g/mol. The van der Waals surface area contributed by atoms with Crippen molar-refractivity contribution in [3.8, 4) is 0 Å². The van der Waals surface area contributed by atoms with E-state index in [-0.39, 0.29) is 5.96 Å². The summed E-state index contributed by atoms with van der Waals surface area (Å²) in [4.78, 5) is 0. The number of hydrogen-bond donors (Lipinski definition) is 2. The van der Waals surface area contributed by atoms with Crippen molar-refractivity contribution in [1.29, 1.82) is 5.41 Å². The quantitative estimate of drug-likeness (QED) is 0.262. The predicted molar refractivity (Wildman–Crippen MR) is 36.8 cm³/mol. The number of hydrogen-bond acceptors (Lipinski definition) is 4. The van der Waals surface area contributed by atoms with Crippen LogP contribution in [0.4, 0.5) is 0 Å². The van der Waals surface area contributed by atoms with E-state index in [1.807, 2.05) is 0 Å². The number of guanidine groups is 1. The van der Waals surface area contributed by atoms with Crippen LogP contribution in [0.3, 0.4) is 0 Å². The topological polar surface area (TPSA) is 88.6 Å². The maximum Gasteiger partial charge on any atom is 0.340 e. The first-order chi connectivity index (χ1) is 4.57. The Hall–Kier alpha value is -0.580. The van der Waals surface area contributed by atoms with Crippen LogP contribution < -0.4 is 5.73 Å². The molecule has 7 heteroatoms. The number of nitrogens with one attached hydrogen (secondary N) is 1. The minimum atomic E-state index is -2.52. The normalized spacial score (nSPS) is 12.6. The first-order valence-electron chi connectivity index (χ1n) is 2.41. The van der Waals surface area contributed by atoms with E-state index >= 15 is 0 Å². The Morgan fingerprint density at radius 1 is 1.80 bits per heavy atom. The number of hydroxylamine groups is 2. The van der Waals surface area contributed by atoms with Gasteiger partial charge in [-0.1, -0.05) is 0 Å². The van der Waals surface area contributed by atoms with Crippen molar-refractivity contribution in [3.05, 3.63) is 0 Å². The summed E-state index contributed by atoms with van der Waals surface area (Å²) in [5.41, 5.74) is 4.95. The molecule has 0 saturated heterocycles. The molecule has 6 nitrogen and oxygen atoms in total. The molecule has 0 aromatic rings. The van der Waals surface area contributed by atoms with Crippen molar-refractivity contribution in [3.63, 3.8) is 0 Å². The minimum absolute atomic E-state index is 0.324. The van der Waals surface area contributed by atoms with Gasteiger partial charge in [-0.3, -0.25) is 9.97 Å². The average Bonchev–Trinajstić information content (AvgIpc) is 1.87. The third-order valence-corrected chi connectivity index (χ3v) is 1.47. The Bertz CT molecular complexity index is 150. The zero-order valence-corrected chi connectivity index (χ0v) is 6.75. The van der Waals surface area contributed by atoms with Crippen molar-refractivity contribution < 1.29 is 13.7 Å². The van der Waals surface area contributed by atoms with Gasteiger partial charge in [-0.2, -0.15) is 4.62 Å². The molecule has 0 aliphatic heterocycles. The third kappa shape index (κ3) is 3.45. The highest BCUT2D eigenvalue weighted by molar-refractivity contribution is 7.33. The molecule has 0 bridgehead atoms. The lowest BCUT2D eigenvalue weighted by atomic mass is 11.0. The molecule has 0 rings (SSSR count). The molecule has 0 amide bonds. The zero-order chi connectivity index (χ0) is 8.15. The summed E-state index contributed by atoms with van der Waals surface area (Å²) in [6.07, 6.45) is 0. The maximum atomic E-state index is 10.5. The molecule has 0 aliphatic carbocycles. The van der Waals surface area contributed by atoms with E-state index in [1.165, 1.54) is 14.2 Å². The molecule has 0 radical (unpaired) electrons. The summed E-state index contributed by atoms with van der Waals surface area (Å²) >= 11 is 0. The van der Waals surface area contributed by atoms with E-state index in [0.717, 1.165) is 5.06 Å². The molecule has 1 atom stereocenters. The Morgan fingerprint density at radius 3 is 2.60 bits per heavy atom. The van der Waals surface area contributed by atoms with Crippen molar-refractivity contribution in [2.45, 2.75) is 0 Å². The summed E-state index contributed by atoms with van der Waals surface area (Å²) in [5.74, 6) is -0.324.